The third-order valence-corrected chi connectivity index (χ3v) is 5.23. The van der Waals surface area contributed by atoms with Crippen LogP contribution in [0.25, 0.3) is 5.70 Å². The van der Waals surface area contributed by atoms with E-state index in [1.54, 1.807) is 6.07 Å². The number of halogens is 1. The van der Waals surface area contributed by atoms with E-state index in [0.29, 0.717) is 11.4 Å². The lowest BCUT2D eigenvalue weighted by atomic mass is 9.62. The van der Waals surface area contributed by atoms with Gasteiger partial charge in [0.05, 0.1) is 5.69 Å². The van der Waals surface area contributed by atoms with Crippen molar-refractivity contribution >= 4 is 22.8 Å². The SMILES string of the molecule is C=C(Nc1ccc(N)c(F)c1)c1cc(N)c2c(c1)C(C)(C)CC(C)(C)C2. The molecule has 0 saturated heterocycles. The van der Waals surface area contributed by atoms with E-state index in [2.05, 4.69) is 45.7 Å². The Bertz CT molecular complexity index is 881. The number of nitrogens with one attached hydrogen (secondary N) is 1. The average molecular weight is 353 g/mol. The second-order valence-electron chi connectivity index (χ2n) is 8.83. The van der Waals surface area contributed by atoms with Crippen LogP contribution in [-0.4, -0.2) is 0 Å². The minimum absolute atomic E-state index is 0.0365. The monoisotopic (exact) mass is 353 g/mol. The Labute approximate surface area is 155 Å². The van der Waals surface area contributed by atoms with E-state index in [-0.39, 0.29) is 16.5 Å². The topological polar surface area (TPSA) is 64.1 Å². The molecule has 138 valence electrons. The average Bonchev–Trinajstić information content (AvgIpc) is 2.50. The molecule has 0 aromatic heterocycles. The Hall–Kier alpha value is -2.49. The first-order valence-corrected chi connectivity index (χ1v) is 8.93. The molecule has 1 aliphatic rings. The highest BCUT2D eigenvalue weighted by Gasteiger charge is 2.38. The first kappa shape index (κ1) is 18.3. The summed E-state index contributed by atoms with van der Waals surface area (Å²) in [5.74, 6) is -0.448. The Kier molecular flexibility index (Phi) is 4.26. The largest absolute Gasteiger partial charge is 0.398 e. The molecule has 3 rings (SSSR count). The molecule has 4 heteroatoms. The molecule has 26 heavy (non-hydrogen) atoms. The molecule has 0 aliphatic heterocycles. The quantitative estimate of drug-likeness (QED) is 0.654. The van der Waals surface area contributed by atoms with Crippen molar-refractivity contribution in [2.45, 2.75) is 46.0 Å². The van der Waals surface area contributed by atoms with E-state index in [0.717, 1.165) is 24.1 Å². The van der Waals surface area contributed by atoms with Crippen molar-refractivity contribution in [1.82, 2.24) is 0 Å². The van der Waals surface area contributed by atoms with E-state index in [1.165, 1.54) is 23.3 Å². The third-order valence-electron chi connectivity index (χ3n) is 5.23. The minimum atomic E-state index is -0.448. The Morgan fingerprint density at radius 2 is 1.77 bits per heavy atom. The van der Waals surface area contributed by atoms with E-state index in [9.17, 15) is 4.39 Å². The predicted octanol–water partition coefficient (Wildman–Crippen LogP) is 5.32. The van der Waals surface area contributed by atoms with Crippen molar-refractivity contribution in [3.8, 4) is 0 Å². The Morgan fingerprint density at radius 3 is 2.42 bits per heavy atom. The van der Waals surface area contributed by atoms with Gasteiger partial charge in [-0.25, -0.2) is 4.39 Å². The van der Waals surface area contributed by atoms with Crippen LogP contribution in [0.1, 0.15) is 50.8 Å². The van der Waals surface area contributed by atoms with E-state index in [4.69, 9.17) is 11.5 Å². The van der Waals surface area contributed by atoms with Crippen LogP contribution in [-0.2, 0) is 11.8 Å². The van der Waals surface area contributed by atoms with E-state index in [1.807, 2.05) is 6.07 Å². The number of anilines is 3. The van der Waals surface area contributed by atoms with Gasteiger partial charge in [-0.2, -0.15) is 0 Å². The summed E-state index contributed by atoms with van der Waals surface area (Å²) in [4.78, 5) is 0. The maximum atomic E-state index is 13.7. The second-order valence-corrected chi connectivity index (χ2v) is 8.83. The first-order valence-electron chi connectivity index (χ1n) is 8.93. The lowest BCUT2D eigenvalue weighted by Crippen LogP contribution is -2.35. The number of rotatable bonds is 3. The van der Waals surface area contributed by atoms with Crippen LogP contribution in [0, 0.1) is 11.2 Å². The maximum Gasteiger partial charge on any atom is 0.148 e. The van der Waals surface area contributed by atoms with E-state index < -0.39 is 5.82 Å². The number of hydrogen-bond acceptors (Lipinski definition) is 3. The van der Waals surface area contributed by atoms with Crippen molar-refractivity contribution in [3.05, 3.63) is 59.4 Å². The molecule has 2 aromatic carbocycles. The molecule has 0 unspecified atom stereocenters. The van der Waals surface area contributed by atoms with Crippen LogP contribution in [0.3, 0.4) is 0 Å². The van der Waals surface area contributed by atoms with Crippen LogP contribution in [0.15, 0.2) is 36.9 Å². The standard InChI is InChI=1S/C22H28FN3/c1-13(26-15-6-7-19(24)18(23)10-15)14-8-17-16(20(25)9-14)11-21(2,3)12-22(17,4)5/h6-10,26H,1,11-12,24-25H2,2-5H3. The molecule has 0 fully saturated rings. The molecule has 0 radical (unpaired) electrons. The van der Waals surface area contributed by atoms with Gasteiger partial charge in [-0.15, -0.1) is 0 Å². The smallest absolute Gasteiger partial charge is 0.148 e. The lowest BCUT2D eigenvalue weighted by molar-refractivity contribution is 0.232. The molecule has 0 saturated carbocycles. The van der Waals surface area contributed by atoms with Gasteiger partial charge >= 0.3 is 0 Å². The predicted molar refractivity (Wildman–Crippen MR) is 109 cm³/mol. The molecule has 0 atom stereocenters. The Balaban J connectivity index is 1.96. The molecule has 0 heterocycles. The van der Waals surface area contributed by atoms with Gasteiger partial charge < -0.3 is 16.8 Å². The molecule has 0 amide bonds. The zero-order valence-electron chi connectivity index (χ0n) is 16.0. The number of nitrogen functional groups attached to an aromatic ring is 2. The summed E-state index contributed by atoms with van der Waals surface area (Å²) in [5, 5.41) is 3.16. The zero-order valence-corrected chi connectivity index (χ0v) is 16.0. The second kappa shape index (κ2) is 6.04. The van der Waals surface area contributed by atoms with Gasteiger partial charge in [0.15, 0.2) is 0 Å². The minimum Gasteiger partial charge on any atom is -0.398 e. The summed E-state index contributed by atoms with van der Waals surface area (Å²) in [6, 6.07) is 8.77. The van der Waals surface area contributed by atoms with Gasteiger partial charge in [0.1, 0.15) is 5.82 Å². The summed E-state index contributed by atoms with van der Waals surface area (Å²) in [6.07, 6.45) is 2.07. The van der Waals surface area contributed by atoms with Crippen molar-refractivity contribution < 1.29 is 4.39 Å². The first-order chi connectivity index (χ1) is 12.0. The van der Waals surface area contributed by atoms with Gasteiger partial charge in [-0.1, -0.05) is 34.3 Å². The molecule has 3 nitrogen and oxygen atoms in total. The van der Waals surface area contributed by atoms with Crippen LogP contribution in [0.2, 0.25) is 0 Å². The third kappa shape index (κ3) is 3.41. The van der Waals surface area contributed by atoms with Crippen LogP contribution in [0.4, 0.5) is 21.5 Å². The van der Waals surface area contributed by atoms with Crippen LogP contribution >= 0.6 is 0 Å². The number of nitrogens with two attached hydrogens (primary N) is 2. The van der Waals surface area contributed by atoms with Crippen molar-refractivity contribution in [2.24, 2.45) is 5.41 Å². The summed E-state index contributed by atoms with van der Waals surface area (Å²) < 4.78 is 13.7. The maximum absolute atomic E-state index is 13.7. The summed E-state index contributed by atoms with van der Waals surface area (Å²) in [6.45, 7) is 13.2. The van der Waals surface area contributed by atoms with Crippen LogP contribution in [0.5, 0.6) is 0 Å². The van der Waals surface area contributed by atoms with Gasteiger partial charge in [0, 0.05) is 17.1 Å². The van der Waals surface area contributed by atoms with Crippen molar-refractivity contribution in [2.75, 3.05) is 16.8 Å². The number of hydrogen-bond donors (Lipinski definition) is 3. The van der Waals surface area contributed by atoms with Crippen molar-refractivity contribution in [1.29, 1.82) is 0 Å². The molecule has 0 bridgehead atoms. The van der Waals surface area contributed by atoms with Crippen LogP contribution < -0.4 is 16.8 Å². The highest BCUT2D eigenvalue weighted by atomic mass is 19.1. The van der Waals surface area contributed by atoms with Crippen molar-refractivity contribution in [3.63, 3.8) is 0 Å². The zero-order chi connectivity index (χ0) is 19.3. The normalized spacial score (nSPS) is 17.4. The molecule has 5 N–H and O–H groups in total. The van der Waals surface area contributed by atoms with Gasteiger partial charge in [0.2, 0.25) is 0 Å². The lowest BCUT2D eigenvalue weighted by Gasteiger charge is -2.43. The fourth-order valence-corrected chi connectivity index (χ4v) is 4.35. The number of benzene rings is 2. The van der Waals surface area contributed by atoms with Gasteiger partial charge in [-0.05, 0) is 70.7 Å². The van der Waals surface area contributed by atoms with Gasteiger partial charge in [0.25, 0.3) is 0 Å². The molecular weight excluding hydrogens is 325 g/mol. The Morgan fingerprint density at radius 1 is 1.08 bits per heavy atom. The number of fused-ring (bicyclic) bond motifs is 1. The fourth-order valence-electron chi connectivity index (χ4n) is 4.35. The fraction of sp³-hybridized carbons (Fsp3) is 0.364. The highest BCUT2D eigenvalue weighted by molar-refractivity contribution is 5.78. The molecular formula is C22H28FN3. The summed E-state index contributed by atoms with van der Waals surface area (Å²) in [7, 11) is 0. The summed E-state index contributed by atoms with van der Waals surface area (Å²) >= 11 is 0. The molecule has 1 aliphatic carbocycles. The van der Waals surface area contributed by atoms with Gasteiger partial charge in [-0.3, -0.25) is 0 Å². The molecule has 0 spiro atoms. The van der Waals surface area contributed by atoms with E-state index >= 15 is 0 Å². The highest BCUT2D eigenvalue weighted by Crippen LogP contribution is 2.47. The molecule has 2 aromatic rings. The summed E-state index contributed by atoms with van der Waals surface area (Å²) in [5.41, 5.74) is 17.9.